The Morgan fingerprint density at radius 3 is 2.47 bits per heavy atom. The molecule has 1 fully saturated rings. The topological polar surface area (TPSA) is 46.2 Å². The van der Waals surface area contributed by atoms with Gasteiger partial charge in [-0.15, -0.1) is 0 Å². The normalized spacial score (nSPS) is 29.2. The number of hydrogen-bond acceptors (Lipinski definition) is 2. The van der Waals surface area contributed by atoms with E-state index < -0.39 is 0 Å². The Hall–Kier alpha value is -0.860. The molecule has 2 amide bonds. The van der Waals surface area contributed by atoms with Gasteiger partial charge >= 0.3 is 0 Å². The van der Waals surface area contributed by atoms with Gasteiger partial charge in [-0.25, -0.2) is 0 Å². The largest absolute Gasteiger partial charge is 0.296 e. The second kappa shape index (κ2) is 6.18. The second-order valence-corrected chi connectivity index (χ2v) is 5.25. The first-order chi connectivity index (χ1) is 8.09. The number of unbranched alkanes of at least 4 members (excludes halogenated alkanes) is 1. The van der Waals surface area contributed by atoms with Gasteiger partial charge in [-0.05, 0) is 24.7 Å². The van der Waals surface area contributed by atoms with Crippen molar-refractivity contribution in [3.8, 4) is 0 Å². The van der Waals surface area contributed by atoms with Crippen LogP contribution >= 0.6 is 0 Å². The molecule has 3 heteroatoms. The zero-order valence-electron chi connectivity index (χ0n) is 11.3. The van der Waals surface area contributed by atoms with Crippen molar-refractivity contribution in [2.24, 2.45) is 11.3 Å². The Morgan fingerprint density at radius 1 is 1.24 bits per heavy atom. The zero-order chi connectivity index (χ0) is 12.9. The Balaban J connectivity index is 2.91. The maximum absolute atomic E-state index is 12.0. The summed E-state index contributed by atoms with van der Waals surface area (Å²) in [7, 11) is 0. The van der Waals surface area contributed by atoms with Crippen LogP contribution in [-0.4, -0.2) is 11.8 Å². The van der Waals surface area contributed by atoms with Crippen molar-refractivity contribution in [1.29, 1.82) is 0 Å². The number of carbonyl (C=O) groups is 2. The zero-order valence-corrected chi connectivity index (χ0v) is 11.3. The average Bonchev–Trinajstić information content (AvgIpc) is 2.30. The molecule has 1 heterocycles. The van der Waals surface area contributed by atoms with Crippen LogP contribution in [0.4, 0.5) is 0 Å². The van der Waals surface area contributed by atoms with Crippen molar-refractivity contribution < 1.29 is 9.59 Å². The van der Waals surface area contributed by atoms with Crippen LogP contribution in [0.2, 0.25) is 0 Å². The molecule has 1 rings (SSSR count). The summed E-state index contributed by atoms with van der Waals surface area (Å²) in [6.07, 6.45) is 6.59. The molecule has 0 aromatic heterocycles. The highest BCUT2D eigenvalue weighted by Crippen LogP contribution is 2.44. The predicted molar refractivity (Wildman–Crippen MR) is 68.4 cm³/mol. The van der Waals surface area contributed by atoms with Crippen LogP contribution in [0.15, 0.2) is 0 Å². The number of carbonyl (C=O) groups excluding carboxylic acids is 2. The van der Waals surface area contributed by atoms with E-state index in [4.69, 9.17) is 0 Å². The van der Waals surface area contributed by atoms with Crippen molar-refractivity contribution in [1.82, 2.24) is 5.32 Å². The monoisotopic (exact) mass is 239 g/mol. The van der Waals surface area contributed by atoms with E-state index in [0.717, 1.165) is 38.5 Å². The molecule has 17 heavy (non-hydrogen) atoms. The van der Waals surface area contributed by atoms with E-state index in [1.807, 2.05) is 0 Å². The second-order valence-electron chi connectivity index (χ2n) is 5.25. The summed E-state index contributed by atoms with van der Waals surface area (Å²) >= 11 is 0. The lowest BCUT2D eigenvalue weighted by Crippen LogP contribution is -2.52. The van der Waals surface area contributed by atoms with Crippen molar-refractivity contribution in [2.75, 3.05) is 0 Å². The third-order valence-electron chi connectivity index (χ3n) is 4.14. The SMILES string of the molecule is CCCCC1(CC)CC(=O)NC(=O)C1CCC. The minimum Gasteiger partial charge on any atom is -0.296 e. The molecule has 0 bridgehead atoms. The van der Waals surface area contributed by atoms with Crippen LogP contribution in [0.25, 0.3) is 0 Å². The van der Waals surface area contributed by atoms with Crippen LogP contribution in [0.3, 0.4) is 0 Å². The van der Waals surface area contributed by atoms with Gasteiger partial charge in [-0.2, -0.15) is 0 Å². The molecular weight excluding hydrogens is 214 g/mol. The summed E-state index contributed by atoms with van der Waals surface area (Å²) < 4.78 is 0. The van der Waals surface area contributed by atoms with Crippen molar-refractivity contribution in [3.63, 3.8) is 0 Å². The van der Waals surface area contributed by atoms with Gasteiger partial charge in [-0.3, -0.25) is 14.9 Å². The van der Waals surface area contributed by atoms with Gasteiger partial charge in [0.1, 0.15) is 0 Å². The van der Waals surface area contributed by atoms with Gasteiger partial charge in [0.25, 0.3) is 0 Å². The minimum atomic E-state index is -0.0830. The maximum Gasteiger partial charge on any atom is 0.230 e. The van der Waals surface area contributed by atoms with Gasteiger partial charge in [0.15, 0.2) is 0 Å². The van der Waals surface area contributed by atoms with Crippen LogP contribution in [0.1, 0.15) is 65.7 Å². The minimum absolute atomic E-state index is 0.0294. The van der Waals surface area contributed by atoms with Crippen molar-refractivity contribution >= 4 is 11.8 Å². The number of rotatable bonds is 6. The molecule has 0 spiro atoms. The van der Waals surface area contributed by atoms with Crippen LogP contribution < -0.4 is 5.32 Å². The molecule has 2 unspecified atom stereocenters. The number of nitrogens with one attached hydrogen (secondary N) is 1. The summed E-state index contributed by atoms with van der Waals surface area (Å²) in [4.78, 5) is 23.6. The summed E-state index contributed by atoms with van der Waals surface area (Å²) in [5.41, 5.74) is -0.0779. The number of piperidine rings is 1. The van der Waals surface area contributed by atoms with E-state index in [1.165, 1.54) is 0 Å². The molecule has 0 radical (unpaired) electrons. The van der Waals surface area contributed by atoms with Gasteiger partial charge in [-0.1, -0.05) is 40.0 Å². The lowest BCUT2D eigenvalue weighted by atomic mass is 9.64. The number of amides is 2. The Morgan fingerprint density at radius 2 is 1.94 bits per heavy atom. The Kier molecular flexibility index (Phi) is 5.16. The first kappa shape index (κ1) is 14.2. The van der Waals surface area contributed by atoms with E-state index in [-0.39, 0.29) is 23.1 Å². The fraction of sp³-hybridized carbons (Fsp3) is 0.857. The van der Waals surface area contributed by atoms with E-state index in [9.17, 15) is 9.59 Å². The average molecular weight is 239 g/mol. The van der Waals surface area contributed by atoms with Crippen LogP contribution in [0.5, 0.6) is 0 Å². The van der Waals surface area contributed by atoms with Crippen LogP contribution in [0, 0.1) is 11.3 Å². The van der Waals surface area contributed by atoms with Crippen LogP contribution in [-0.2, 0) is 9.59 Å². The molecule has 0 saturated carbocycles. The number of hydrogen-bond donors (Lipinski definition) is 1. The van der Waals surface area contributed by atoms with Gasteiger partial charge < -0.3 is 0 Å². The molecule has 1 aliphatic rings. The first-order valence-corrected chi connectivity index (χ1v) is 6.93. The van der Waals surface area contributed by atoms with E-state index in [0.29, 0.717) is 6.42 Å². The smallest absolute Gasteiger partial charge is 0.230 e. The van der Waals surface area contributed by atoms with Gasteiger partial charge in [0.05, 0.1) is 0 Å². The third-order valence-corrected chi connectivity index (χ3v) is 4.14. The fourth-order valence-corrected chi connectivity index (χ4v) is 3.06. The quantitative estimate of drug-likeness (QED) is 0.724. The summed E-state index contributed by atoms with van der Waals surface area (Å²) in [6.45, 7) is 6.37. The molecule has 0 aromatic carbocycles. The van der Waals surface area contributed by atoms with E-state index >= 15 is 0 Å². The molecule has 0 aromatic rings. The highest BCUT2D eigenvalue weighted by atomic mass is 16.2. The fourth-order valence-electron chi connectivity index (χ4n) is 3.06. The molecule has 1 saturated heterocycles. The summed E-state index contributed by atoms with van der Waals surface area (Å²) in [5, 5.41) is 2.50. The Labute approximate surface area is 104 Å². The van der Waals surface area contributed by atoms with E-state index in [1.54, 1.807) is 0 Å². The molecule has 3 nitrogen and oxygen atoms in total. The van der Waals surface area contributed by atoms with E-state index in [2.05, 4.69) is 26.1 Å². The van der Waals surface area contributed by atoms with Gasteiger partial charge in [0.2, 0.25) is 11.8 Å². The molecular formula is C14H25NO2. The molecule has 1 aliphatic heterocycles. The Bertz CT molecular complexity index is 288. The maximum atomic E-state index is 12.0. The van der Waals surface area contributed by atoms with Gasteiger partial charge in [0, 0.05) is 12.3 Å². The van der Waals surface area contributed by atoms with Crippen molar-refractivity contribution in [2.45, 2.75) is 65.7 Å². The lowest BCUT2D eigenvalue weighted by molar-refractivity contribution is -0.144. The lowest BCUT2D eigenvalue weighted by Gasteiger charge is -2.42. The summed E-state index contributed by atoms with van der Waals surface area (Å²) in [5.74, 6) is -0.0943. The standard InChI is InChI=1S/C14H25NO2/c1-4-7-9-14(6-3)10-12(16)15-13(17)11(14)8-5-2/h11H,4-10H2,1-3H3,(H,15,16,17). The number of imide groups is 1. The molecule has 98 valence electrons. The molecule has 2 atom stereocenters. The highest BCUT2D eigenvalue weighted by Gasteiger charge is 2.45. The third kappa shape index (κ3) is 3.08. The first-order valence-electron chi connectivity index (χ1n) is 6.93. The molecule has 1 N–H and O–H groups in total. The molecule has 0 aliphatic carbocycles. The predicted octanol–water partition coefficient (Wildman–Crippen LogP) is 3.04. The highest BCUT2D eigenvalue weighted by molar-refractivity contribution is 5.99. The summed E-state index contributed by atoms with van der Waals surface area (Å²) in [6, 6.07) is 0. The van der Waals surface area contributed by atoms with Crippen molar-refractivity contribution in [3.05, 3.63) is 0 Å².